The molecule has 116 valence electrons. The summed E-state index contributed by atoms with van der Waals surface area (Å²) in [5.74, 6) is 6.52. The number of nitrogens with one attached hydrogen (secondary N) is 1. The molecule has 2 aliphatic rings. The van der Waals surface area contributed by atoms with E-state index in [1.807, 2.05) is 0 Å². The van der Waals surface area contributed by atoms with Gasteiger partial charge in [-0.15, -0.1) is 0 Å². The maximum absolute atomic E-state index is 6.17. The molecular formula is C18H28N2O. The van der Waals surface area contributed by atoms with Gasteiger partial charge < -0.3 is 4.74 Å². The van der Waals surface area contributed by atoms with E-state index in [9.17, 15) is 0 Å². The fraction of sp³-hybridized carbons (Fsp3) is 0.667. The van der Waals surface area contributed by atoms with Crippen molar-refractivity contribution in [3.05, 3.63) is 34.9 Å². The van der Waals surface area contributed by atoms with Crippen LogP contribution in [0.5, 0.6) is 0 Å². The molecule has 3 N–H and O–H groups in total. The Balaban J connectivity index is 1.84. The molecule has 3 rings (SSSR count). The first-order chi connectivity index (χ1) is 10.1. The van der Waals surface area contributed by atoms with Gasteiger partial charge in [-0.3, -0.25) is 11.3 Å². The van der Waals surface area contributed by atoms with E-state index in [0.29, 0.717) is 5.92 Å². The third-order valence-electron chi connectivity index (χ3n) is 5.47. The first-order valence-corrected chi connectivity index (χ1v) is 8.31. The summed E-state index contributed by atoms with van der Waals surface area (Å²) >= 11 is 0. The molecule has 2 fully saturated rings. The Morgan fingerprint density at radius 1 is 1.29 bits per heavy atom. The van der Waals surface area contributed by atoms with Gasteiger partial charge in [0.2, 0.25) is 0 Å². The molecule has 2 unspecified atom stereocenters. The smallest absolute Gasteiger partial charge is 0.0686 e. The van der Waals surface area contributed by atoms with Gasteiger partial charge in [0.1, 0.15) is 0 Å². The third-order valence-corrected chi connectivity index (χ3v) is 5.47. The van der Waals surface area contributed by atoms with Crippen LogP contribution >= 0.6 is 0 Å². The third kappa shape index (κ3) is 3.01. The van der Waals surface area contributed by atoms with Crippen molar-refractivity contribution in [3.8, 4) is 0 Å². The predicted octanol–water partition coefficient (Wildman–Crippen LogP) is 3.55. The van der Waals surface area contributed by atoms with Gasteiger partial charge in [0.25, 0.3) is 0 Å². The topological polar surface area (TPSA) is 47.3 Å². The van der Waals surface area contributed by atoms with Crippen molar-refractivity contribution in [2.45, 2.75) is 64.0 Å². The summed E-state index contributed by atoms with van der Waals surface area (Å²) in [6.45, 7) is 5.22. The van der Waals surface area contributed by atoms with Crippen molar-refractivity contribution in [2.75, 3.05) is 6.61 Å². The Morgan fingerprint density at radius 2 is 2.05 bits per heavy atom. The number of ether oxygens (including phenoxy) is 1. The molecule has 21 heavy (non-hydrogen) atoms. The molecule has 1 aromatic rings. The van der Waals surface area contributed by atoms with Gasteiger partial charge in [-0.05, 0) is 56.6 Å². The van der Waals surface area contributed by atoms with E-state index < -0.39 is 0 Å². The van der Waals surface area contributed by atoms with Crippen LogP contribution in [0.3, 0.4) is 0 Å². The second-order valence-electron chi connectivity index (χ2n) is 7.00. The van der Waals surface area contributed by atoms with Gasteiger partial charge in [-0.2, -0.15) is 0 Å². The Labute approximate surface area is 128 Å². The minimum atomic E-state index is 0.149. The van der Waals surface area contributed by atoms with Crippen molar-refractivity contribution in [3.63, 3.8) is 0 Å². The molecule has 0 aromatic heterocycles. The summed E-state index contributed by atoms with van der Waals surface area (Å²) < 4.78 is 6.17. The largest absolute Gasteiger partial charge is 0.375 e. The van der Waals surface area contributed by atoms with E-state index in [1.54, 1.807) is 0 Å². The lowest BCUT2D eigenvalue weighted by molar-refractivity contribution is -0.0982. The summed E-state index contributed by atoms with van der Waals surface area (Å²) in [6.07, 6.45) is 7.34. The highest BCUT2D eigenvalue weighted by molar-refractivity contribution is 5.33. The minimum absolute atomic E-state index is 0.149. The van der Waals surface area contributed by atoms with Crippen molar-refractivity contribution >= 4 is 0 Å². The Kier molecular flexibility index (Phi) is 4.34. The molecular weight excluding hydrogens is 260 g/mol. The van der Waals surface area contributed by atoms with E-state index in [1.165, 1.54) is 42.4 Å². The normalized spacial score (nSPS) is 26.1. The lowest BCUT2D eigenvalue weighted by Crippen LogP contribution is -2.43. The summed E-state index contributed by atoms with van der Waals surface area (Å²) in [5, 5.41) is 0. The molecule has 0 bridgehead atoms. The van der Waals surface area contributed by atoms with E-state index in [0.717, 1.165) is 19.4 Å². The number of benzene rings is 1. The zero-order chi connectivity index (χ0) is 14.9. The van der Waals surface area contributed by atoms with Crippen molar-refractivity contribution in [2.24, 2.45) is 11.8 Å². The second-order valence-corrected chi connectivity index (χ2v) is 7.00. The minimum Gasteiger partial charge on any atom is -0.375 e. The van der Waals surface area contributed by atoms with Crippen molar-refractivity contribution < 1.29 is 4.74 Å². The summed E-state index contributed by atoms with van der Waals surface area (Å²) in [6, 6.07) is 6.91. The molecule has 3 heteroatoms. The number of nitrogens with two attached hydrogens (primary N) is 1. The number of hydrogen-bond acceptors (Lipinski definition) is 3. The van der Waals surface area contributed by atoms with Crippen molar-refractivity contribution in [1.29, 1.82) is 0 Å². The SMILES string of the molecule is Cc1ccc(C)c(C(NN)C2CCOC3(CCCC3)C2)c1. The molecule has 3 nitrogen and oxygen atoms in total. The summed E-state index contributed by atoms with van der Waals surface area (Å²) in [5.41, 5.74) is 7.25. The number of aryl methyl sites for hydroxylation is 2. The van der Waals surface area contributed by atoms with E-state index >= 15 is 0 Å². The highest BCUT2D eigenvalue weighted by Gasteiger charge is 2.42. The van der Waals surface area contributed by atoms with E-state index in [2.05, 4.69) is 37.5 Å². The molecule has 0 amide bonds. The van der Waals surface area contributed by atoms with Crippen LogP contribution in [0.4, 0.5) is 0 Å². The van der Waals surface area contributed by atoms with Gasteiger partial charge in [-0.1, -0.05) is 36.6 Å². The molecule has 1 saturated carbocycles. The fourth-order valence-corrected chi connectivity index (χ4v) is 4.29. The molecule has 1 saturated heterocycles. The predicted molar refractivity (Wildman–Crippen MR) is 85.9 cm³/mol. The highest BCUT2D eigenvalue weighted by atomic mass is 16.5. The monoisotopic (exact) mass is 288 g/mol. The quantitative estimate of drug-likeness (QED) is 0.660. The van der Waals surface area contributed by atoms with Crippen LogP contribution in [0.15, 0.2) is 18.2 Å². The fourth-order valence-electron chi connectivity index (χ4n) is 4.29. The van der Waals surface area contributed by atoms with Crippen LogP contribution in [0, 0.1) is 19.8 Å². The van der Waals surface area contributed by atoms with Crippen LogP contribution in [0.25, 0.3) is 0 Å². The van der Waals surface area contributed by atoms with Crippen LogP contribution in [0.1, 0.15) is 61.3 Å². The standard InChI is InChI=1S/C18H28N2O/c1-13-5-6-14(2)16(11-13)17(20-19)15-7-10-21-18(12-15)8-3-4-9-18/h5-6,11,15,17,20H,3-4,7-10,12,19H2,1-2H3. The maximum Gasteiger partial charge on any atom is 0.0686 e. The van der Waals surface area contributed by atoms with Gasteiger partial charge in [0.05, 0.1) is 5.60 Å². The maximum atomic E-state index is 6.17. The second kappa shape index (κ2) is 6.07. The first kappa shape index (κ1) is 15.0. The average molecular weight is 288 g/mol. The van der Waals surface area contributed by atoms with Crippen LogP contribution in [0.2, 0.25) is 0 Å². The highest BCUT2D eigenvalue weighted by Crippen LogP contribution is 2.45. The van der Waals surface area contributed by atoms with Crippen LogP contribution in [-0.4, -0.2) is 12.2 Å². The molecule has 1 heterocycles. The summed E-state index contributed by atoms with van der Waals surface area (Å²) in [4.78, 5) is 0. The Bertz CT molecular complexity index is 494. The zero-order valence-corrected chi connectivity index (χ0v) is 13.3. The van der Waals surface area contributed by atoms with E-state index in [4.69, 9.17) is 10.6 Å². The lowest BCUT2D eigenvalue weighted by atomic mass is 9.78. The van der Waals surface area contributed by atoms with Gasteiger partial charge >= 0.3 is 0 Å². The molecule has 1 aliphatic carbocycles. The number of hydrazine groups is 1. The number of hydrogen-bond donors (Lipinski definition) is 2. The molecule has 1 spiro atoms. The molecule has 1 aromatic carbocycles. The van der Waals surface area contributed by atoms with Crippen molar-refractivity contribution in [1.82, 2.24) is 5.43 Å². The molecule has 0 radical (unpaired) electrons. The first-order valence-electron chi connectivity index (χ1n) is 8.31. The summed E-state index contributed by atoms with van der Waals surface area (Å²) in [7, 11) is 0. The Hall–Kier alpha value is -0.900. The average Bonchev–Trinajstić information content (AvgIpc) is 2.91. The number of rotatable bonds is 3. The molecule has 1 aliphatic heterocycles. The van der Waals surface area contributed by atoms with Gasteiger partial charge in [0.15, 0.2) is 0 Å². The van der Waals surface area contributed by atoms with Gasteiger partial charge in [0, 0.05) is 12.6 Å². The van der Waals surface area contributed by atoms with Gasteiger partial charge in [-0.25, -0.2) is 0 Å². The van der Waals surface area contributed by atoms with Crippen LogP contribution in [-0.2, 0) is 4.74 Å². The van der Waals surface area contributed by atoms with E-state index in [-0.39, 0.29) is 11.6 Å². The molecule has 2 atom stereocenters. The zero-order valence-electron chi connectivity index (χ0n) is 13.3. The lowest BCUT2D eigenvalue weighted by Gasteiger charge is -2.41. The Morgan fingerprint density at radius 3 is 2.76 bits per heavy atom. The van der Waals surface area contributed by atoms with Crippen LogP contribution < -0.4 is 11.3 Å².